The minimum atomic E-state index is -0.662. The third-order valence-corrected chi connectivity index (χ3v) is 4.24. The van der Waals surface area contributed by atoms with Crippen LogP contribution in [-0.4, -0.2) is 38.8 Å². The highest BCUT2D eigenvalue weighted by atomic mass is 19.1. The summed E-state index contributed by atoms with van der Waals surface area (Å²) < 4.78 is 14.3. The van der Waals surface area contributed by atoms with Crippen molar-refractivity contribution >= 4 is 22.8 Å². The fourth-order valence-corrected chi connectivity index (χ4v) is 3.26. The van der Waals surface area contributed by atoms with Gasteiger partial charge in [0.15, 0.2) is 0 Å². The van der Waals surface area contributed by atoms with Gasteiger partial charge in [0, 0.05) is 23.2 Å². The zero-order chi connectivity index (χ0) is 17.6. The first kappa shape index (κ1) is 16.4. The molecule has 6 nitrogen and oxygen atoms in total. The van der Waals surface area contributed by atoms with Crippen molar-refractivity contribution in [3.05, 3.63) is 29.3 Å². The summed E-state index contributed by atoms with van der Waals surface area (Å²) >= 11 is 0. The molecular formula is C17H21FN4O2. The average molecular weight is 332 g/mol. The van der Waals surface area contributed by atoms with Crippen LogP contribution >= 0.6 is 0 Å². The summed E-state index contributed by atoms with van der Waals surface area (Å²) in [6.45, 7) is 7.54. The molecule has 3 rings (SSSR count). The van der Waals surface area contributed by atoms with Crippen LogP contribution in [0.3, 0.4) is 0 Å². The van der Waals surface area contributed by atoms with Crippen LogP contribution in [0.1, 0.15) is 43.6 Å². The summed E-state index contributed by atoms with van der Waals surface area (Å²) in [5.74, 6) is -1.07. The van der Waals surface area contributed by atoms with E-state index in [1.54, 1.807) is 0 Å². The number of nitrogens with zero attached hydrogens (tertiary/aromatic N) is 2. The molecule has 0 fully saturated rings. The lowest BCUT2D eigenvalue weighted by atomic mass is 9.95. The number of amides is 2. The normalized spacial score (nSPS) is 15.5. The fraction of sp³-hybridized carbons (Fsp3) is 0.471. The van der Waals surface area contributed by atoms with E-state index in [0.717, 1.165) is 6.20 Å². The second kappa shape index (κ2) is 5.89. The average Bonchev–Trinajstić information content (AvgIpc) is 2.91. The van der Waals surface area contributed by atoms with Crippen LogP contribution in [0.2, 0.25) is 0 Å². The molecular weight excluding hydrogens is 311 g/mol. The lowest BCUT2D eigenvalue weighted by Gasteiger charge is -2.36. The number of nitrogens with one attached hydrogen (secondary N) is 2. The van der Waals surface area contributed by atoms with E-state index in [1.807, 2.05) is 27.7 Å². The highest BCUT2D eigenvalue weighted by Gasteiger charge is 2.38. The molecule has 1 aliphatic rings. The standard InChI is InChI=1S/C17H21FN4O2/c1-8(2)14(16(23)21-9(3)4)22-7-11-12(18)6-20-15-13(11)10(5-19-15)17(22)24/h5-6,8-9,14H,7H2,1-4H3,(H,19,20)(H,21,23). The molecule has 128 valence electrons. The van der Waals surface area contributed by atoms with E-state index in [2.05, 4.69) is 15.3 Å². The first-order chi connectivity index (χ1) is 11.3. The van der Waals surface area contributed by atoms with Gasteiger partial charge in [0.1, 0.15) is 17.5 Å². The highest BCUT2D eigenvalue weighted by Crippen LogP contribution is 2.32. The lowest BCUT2D eigenvalue weighted by Crippen LogP contribution is -2.54. The van der Waals surface area contributed by atoms with Crippen LogP contribution in [0.4, 0.5) is 4.39 Å². The lowest BCUT2D eigenvalue weighted by molar-refractivity contribution is -0.127. The van der Waals surface area contributed by atoms with Crippen LogP contribution in [0.5, 0.6) is 0 Å². The predicted octanol–water partition coefficient (Wildman–Crippen LogP) is 2.21. The second-order valence-electron chi connectivity index (χ2n) is 6.80. The number of carbonyl (C=O) groups is 2. The van der Waals surface area contributed by atoms with Gasteiger partial charge >= 0.3 is 0 Å². The quantitative estimate of drug-likeness (QED) is 0.901. The molecule has 2 amide bonds. The molecule has 0 aliphatic carbocycles. The summed E-state index contributed by atoms with van der Waals surface area (Å²) in [7, 11) is 0. The number of carbonyl (C=O) groups excluding carboxylic acids is 2. The third-order valence-electron chi connectivity index (χ3n) is 4.24. The second-order valence-corrected chi connectivity index (χ2v) is 6.80. The Morgan fingerprint density at radius 1 is 1.38 bits per heavy atom. The molecule has 0 bridgehead atoms. The minimum absolute atomic E-state index is 0.0363. The Balaban J connectivity index is 2.05. The molecule has 0 saturated heterocycles. The number of rotatable bonds is 4. The van der Waals surface area contributed by atoms with E-state index in [1.165, 1.54) is 11.1 Å². The molecule has 2 aromatic rings. The molecule has 0 aromatic carbocycles. The SMILES string of the molecule is CC(C)NC(=O)C(C(C)C)N1Cc2c(F)cnc3[nH]cc(c23)C1=O. The largest absolute Gasteiger partial charge is 0.352 e. The summed E-state index contributed by atoms with van der Waals surface area (Å²) in [6.07, 6.45) is 2.68. The van der Waals surface area contributed by atoms with Crippen molar-refractivity contribution in [2.75, 3.05) is 0 Å². The molecule has 7 heteroatoms. The number of aromatic amines is 1. The van der Waals surface area contributed by atoms with Crippen LogP contribution < -0.4 is 5.32 Å². The first-order valence-electron chi connectivity index (χ1n) is 8.07. The monoisotopic (exact) mass is 332 g/mol. The van der Waals surface area contributed by atoms with Gasteiger partial charge in [0.2, 0.25) is 5.91 Å². The molecule has 1 unspecified atom stereocenters. The maximum absolute atomic E-state index is 14.3. The third kappa shape index (κ3) is 2.53. The van der Waals surface area contributed by atoms with Gasteiger partial charge in [-0.2, -0.15) is 0 Å². The number of halogens is 1. The van der Waals surface area contributed by atoms with Crippen molar-refractivity contribution in [2.24, 2.45) is 5.92 Å². The van der Waals surface area contributed by atoms with E-state index in [-0.39, 0.29) is 30.3 Å². The van der Waals surface area contributed by atoms with Crippen molar-refractivity contribution in [3.8, 4) is 0 Å². The van der Waals surface area contributed by atoms with Crippen molar-refractivity contribution in [2.45, 2.75) is 46.3 Å². The van der Waals surface area contributed by atoms with Gasteiger partial charge in [-0.1, -0.05) is 13.8 Å². The Kier molecular flexibility index (Phi) is 4.03. The number of pyridine rings is 1. The number of hydrogen-bond acceptors (Lipinski definition) is 3. The molecule has 0 spiro atoms. The number of hydrogen-bond donors (Lipinski definition) is 2. The van der Waals surface area contributed by atoms with Crippen molar-refractivity contribution in [1.82, 2.24) is 20.2 Å². The van der Waals surface area contributed by atoms with Gasteiger partial charge in [-0.05, 0) is 19.8 Å². The molecule has 1 aliphatic heterocycles. The number of H-pyrrole nitrogens is 1. The van der Waals surface area contributed by atoms with E-state index < -0.39 is 11.9 Å². The highest BCUT2D eigenvalue weighted by molar-refractivity contribution is 6.10. The minimum Gasteiger partial charge on any atom is -0.352 e. The van der Waals surface area contributed by atoms with Gasteiger partial charge in [-0.25, -0.2) is 9.37 Å². The van der Waals surface area contributed by atoms with Crippen LogP contribution in [-0.2, 0) is 11.3 Å². The molecule has 2 N–H and O–H groups in total. The van der Waals surface area contributed by atoms with Crippen LogP contribution in [0, 0.1) is 11.7 Å². The van der Waals surface area contributed by atoms with E-state index >= 15 is 0 Å². The smallest absolute Gasteiger partial charge is 0.257 e. The Bertz CT molecular complexity index is 812. The summed E-state index contributed by atoms with van der Waals surface area (Å²) in [5.41, 5.74) is 1.25. The van der Waals surface area contributed by atoms with Gasteiger partial charge < -0.3 is 15.2 Å². The van der Waals surface area contributed by atoms with Crippen molar-refractivity contribution in [1.29, 1.82) is 0 Å². The molecule has 2 aromatic heterocycles. The predicted molar refractivity (Wildman–Crippen MR) is 87.8 cm³/mol. The Morgan fingerprint density at radius 2 is 2.08 bits per heavy atom. The van der Waals surface area contributed by atoms with Gasteiger partial charge in [0.05, 0.1) is 18.3 Å². The van der Waals surface area contributed by atoms with Crippen LogP contribution in [0.25, 0.3) is 11.0 Å². The maximum atomic E-state index is 14.3. The van der Waals surface area contributed by atoms with E-state index in [0.29, 0.717) is 22.2 Å². The summed E-state index contributed by atoms with van der Waals surface area (Å²) in [6, 6.07) is -0.698. The Labute approximate surface area is 139 Å². The summed E-state index contributed by atoms with van der Waals surface area (Å²) in [4.78, 5) is 33.8. The van der Waals surface area contributed by atoms with E-state index in [4.69, 9.17) is 0 Å². The molecule has 1 atom stereocenters. The topological polar surface area (TPSA) is 78.1 Å². The van der Waals surface area contributed by atoms with Gasteiger partial charge in [-0.3, -0.25) is 9.59 Å². The summed E-state index contributed by atoms with van der Waals surface area (Å²) in [5, 5.41) is 3.37. The molecule has 0 radical (unpaired) electrons. The Hall–Kier alpha value is -2.44. The van der Waals surface area contributed by atoms with Gasteiger partial charge in [0.25, 0.3) is 5.91 Å². The fourth-order valence-electron chi connectivity index (χ4n) is 3.26. The Morgan fingerprint density at radius 3 is 2.71 bits per heavy atom. The van der Waals surface area contributed by atoms with E-state index in [9.17, 15) is 14.0 Å². The zero-order valence-electron chi connectivity index (χ0n) is 14.2. The van der Waals surface area contributed by atoms with Crippen LogP contribution in [0.15, 0.2) is 12.4 Å². The number of aromatic nitrogens is 2. The molecule has 3 heterocycles. The first-order valence-corrected chi connectivity index (χ1v) is 8.07. The maximum Gasteiger partial charge on any atom is 0.257 e. The molecule has 0 saturated carbocycles. The molecule has 24 heavy (non-hydrogen) atoms. The van der Waals surface area contributed by atoms with Gasteiger partial charge in [-0.15, -0.1) is 0 Å². The van der Waals surface area contributed by atoms with Crippen molar-refractivity contribution in [3.63, 3.8) is 0 Å². The van der Waals surface area contributed by atoms with Crippen molar-refractivity contribution < 1.29 is 14.0 Å². The zero-order valence-corrected chi connectivity index (χ0v) is 14.2.